The van der Waals surface area contributed by atoms with Crippen LogP contribution in [0.1, 0.15) is 35.6 Å². The minimum atomic E-state index is 0.624. The highest BCUT2D eigenvalue weighted by Crippen LogP contribution is 2.27. The van der Waals surface area contributed by atoms with Gasteiger partial charge in [0.1, 0.15) is 5.69 Å². The molecule has 2 aromatic rings. The Kier molecular flexibility index (Phi) is 3.32. The highest BCUT2D eigenvalue weighted by Gasteiger charge is 2.18. The molecule has 0 fully saturated rings. The molecule has 0 bridgehead atoms. The maximum atomic E-state index is 11.1. The van der Waals surface area contributed by atoms with Crippen LogP contribution in [0.2, 0.25) is 0 Å². The number of carbonyl (C=O) groups excluding carboxylic acids is 1. The molecule has 0 unspecified atom stereocenters. The zero-order valence-corrected chi connectivity index (χ0v) is 11.3. The number of hydrogen-bond acceptors (Lipinski definition) is 3. The number of aromatic nitrogens is 4. The molecule has 2 heterocycles. The molecule has 0 N–H and O–H groups in total. The first-order valence-electron chi connectivity index (χ1n) is 6.19. The SMILES string of the molecule is CCn1cc(C=O)c(-c2c(C)nn(CC)c2C)n1. The highest BCUT2D eigenvalue weighted by atomic mass is 16.1. The van der Waals surface area contributed by atoms with E-state index >= 15 is 0 Å². The summed E-state index contributed by atoms with van der Waals surface area (Å²) in [5.41, 5.74) is 4.31. The maximum Gasteiger partial charge on any atom is 0.153 e. The number of hydrogen-bond donors (Lipinski definition) is 0. The van der Waals surface area contributed by atoms with Crippen molar-refractivity contribution in [3.05, 3.63) is 23.1 Å². The lowest BCUT2D eigenvalue weighted by molar-refractivity contribution is 0.112. The van der Waals surface area contributed by atoms with Crippen LogP contribution in [-0.4, -0.2) is 25.8 Å². The first kappa shape index (κ1) is 12.5. The van der Waals surface area contributed by atoms with Crippen LogP contribution in [0, 0.1) is 13.8 Å². The fraction of sp³-hybridized carbons (Fsp3) is 0.462. The predicted octanol–water partition coefficient (Wildman–Crippen LogP) is 2.22. The molecular formula is C13H18N4O. The zero-order valence-electron chi connectivity index (χ0n) is 11.3. The second-order valence-corrected chi connectivity index (χ2v) is 4.27. The Labute approximate surface area is 106 Å². The Hall–Kier alpha value is -1.91. The van der Waals surface area contributed by atoms with E-state index < -0.39 is 0 Å². The minimum Gasteiger partial charge on any atom is -0.298 e. The molecule has 0 aliphatic carbocycles. The minimum absolute atomic E-state index is 0.624. The van der Waals surface area contributed by atoms with Crippen LogP contribution in [0.4, 0.5) is 0 Å². The van der Waals surface area contributed by atoms with Crippen molar-refractivity contribution in [2.24, 2.45) is 0 Å². The van der Waals surface area contributed by atoms with E-state index in [1.807, 2.05) is 25.5 Å². The van der Waals surface area contributed by atoms with E-state index in [4.69, 9.17) is 0 Å². The lowest BCUT2D eigenvalue weighted by Gasteiger charge is -2.01. The van der Waals surface area contributed by atoms with E-state index in [2.05, 4.69) is 17.1 Å². The second kappa shape index (κ2) is 4.76. The molecule has 0 amide bonds. The number of rotatable bonds is 4. The zero-order chi connectivity index (χ0) is 13.3. The van der Waals surface area contributed by atoms with Crippen molar-refractivity contribution < 1.29 is 4.79 Å². The molecule has 2 aromatic heterocycles. The number of carbonyl (C=O) groups is 1. The van der Waals surface area contributed by atoms with Gasteiger partial charge in [0.05, 0.1) is 11.3 Å². The largest absolute Gasteiger partial charge is 0.298 e. The Balaban J connectivity index is 2.64. The summed E-state index contributed by atoms with van der Waals surface area (Å²) < 4.78 is 3.71. The number of nitrogens with zero attached hydrogens (tertiary/aromatic N) is 4. The summed E-state index contributed by atoms with van der Waals surface area (Å²) in [6.07, 6.45) is 2.64. The fourth-order valence-corrected chi connectivity index (χ4v) is 2.23. The van der Waals surface area contributed by atoms with Crippen molar-refractivity contribution in [1.29, 1.82) is 0 Å². The van der Waals surface area contributed by atoms with Crippen LogP contribution in [-0.2, 0) is 13.1 Å². The summed E-state index contributed by atoms with van der Waals surface area (Å²) in [5.74, 6) is 0. The summed E-state index contributed by atoms with van der Waals surface area (Å²) in [7, 11) is 0. The van der Waals surface area contributed by atoms with E-state index in [0.717, 1.165) is 42.0 Å². The van der Waals surface area contributed by atoms with Crippen LogP contribution in [0.5, 0.6) is 0 Å². The van der Waals surface area contributed by atoms with Gasteiger partial charge in [0.2, 0.25) is 0 Å². The van der Waals surface area contributed by atoms with Gasteiger partial charge in [-0.3, -0.25) is 14.2 Å². The smallest absolute Gasteiger partial charge is 0.153 e. The molecule has 96 valence electrons. The topological polar surface area (TPSA) is 52.7 Å². The lowest BCUT2D eigenvalue weighted by Crippen LogP contribution is -1.99. The number of aryl methyl sites for hydroxylation is 3. The first-order valence-corrected chi connectivity index (χ1v) is 6.19. The Morgan fingerprint density at radius 1 is 1.22 bits per heavy atom. The molecule has 5 nitrogen and oxygen atoms in total. The summed E-state index contributed by atoms with van der Waals surface area (Å²) >= 11 is 0. The molecule has 0 atom stereocenters. The van der Waals surface area contributed by atoms with Crippen molar-refractivity contribution in [3.8, 4) is 11.3 Å². The van der Waals surface area contributed by atoms with Gasteiger partial charge in [-0.1, -0.05) is 0 Å². The highest BCUT2D eigenvalue weighted by molar-refractivity contribution is 5.86. The molecule has 0 aliphatic heterocycles. The van der Waals surface area contributed by atoms with Crippen LogP contribution < -0.4 is 0 Å². The average Bonchev–Trinajstić information content (AvgIpc) is 2.90. The van der Waals surface area contributed by atoms with E-state index in [1.54, 1.807) is 10.9 Å². The Morgan fingerprint density at radius 3 is 2.44 bits per heavy atom. The monoisotopic (exact) mass is 246 g/mol. The third-order valence-corrected chi connectivity index (χ3v) is 3.16. The van der Waals surface area contributed by atoms with E-state index in [9.17, 15) is 4.79 Å². The van der Waals surface area contributed by atoms with Crippen LogP contribution >= 0.6 is 0 Å². The Bertz CT molecular complexity index is 580. The van der Waals surface area contributed by atoms with Crippen LogP contribution in [0.25, 0.3) is 11.3 Å². The molecule has 2 rings (SSSR count). The molecule has 5 heteroatoms. The molecule has 0 radical (unpaired) electrons. The van der Waals surface area contributed by atoms with E-state index in [1.165, 1.54) is 0 Å². The van der Waals surface area contributed by atoms with Gasteiger partial charge in [-0.2, -0.15) is 10.2 Å². The fourth-order valence-electron chi connectivity index (χ4n) is 2.23. The average molecular weight is 246 g/mol. The van der Waals surface area contributed by atoms with Gasteiger partial charge in [0.15, 0.2) is 6.29 Å². The normalized spacial score (nSPS) is 10.9. The molecule has 18 heavy (non-hydrogen) atoms. The molecule has 0 spiro atoms. The Morgan fingerprint density at radius 2 is 1.94 bits per heavy atom. The van der Waals surface area contributed by atoms with E-state index in [0.29, 0.717) is 5.56 Å². The van der Waals surface area contributed by atoms with E-state index in [-0.39, 0.29) is 0 Å². The van der Waals surface area contributed by atoms with Crippen molar-refractivity contribution in [2.75, 3.05) is 0 Å². The van der Waals surface area contributed by atoms with Gasteiger partial charge >= 0.3 is 0 Å². The van der Waals surface area contributed by atoms with Gasteiger partial charge in [0, 0.05) is 30.5 Å². The third-order valence-electron chi connectivity index (χ3n) is 3.16. The summed E-state index contributed by atoms with van der Waals surface area (Å²) in [6, 6.07) is 0. The number of aldehydes is 1. The van der Waals surface area contributed by atoms with Gasteiger partial charge in [-0.05, 0) is 27.7 Å². The van der Waals surface area contributed by atoms with Crippen LogP contribution in [0.15, 0.2) is 6.20 Å². The van der Waals surface area contributed by atoms with Crippen molar-refractivity contribution in [3.63, 3.8) is 0 Å². The summed E-state index contributed by atoms with van der Waals surface area (Å²) in [4.78, 5) is 11.1. The standard InChI is InChI=1S/C13H18N4O/c1-5-16-7-11(8-18)13(15-16)12-9(3)14-17(6-2)10(12)4/h7-8H,5-6H2,1-4H3. The summed E-state index contributed by atoms with van der Waals surface area (Å²) in [5, 5.41) is 8.94. The molecule has 0 aliphatic rings. The van der Waals surface area contributed by atoms with Gasteiger partial charge < -0.3 is 0 Å². The first-order chi connectivity index (χ1) is 8.62. The summed E-state index contributed by atoms with van der Waals surface area (Å²) in [6.45, 7) is 9.58. The molecule has 0 saturated heterocycles. The van der Waals surface area contributed by atoms with Crippen molar-refractivity contribution in [2.45, 2.75) is 40.8 Å². The van der Waals surface area contributed by atoms with Crippen LogP contribution in [0.3, 0.4) is 0 Å². The predicted molar refractivity (Wildman–Crippen MR) is 69.7 cm³/mol. The lowest BCUT2D eigenvalue weighted by atomic mass is 10.1. The third kappa shape index (κ3) is 1.85. The molecule has 0 saturated carbocycles. The van der Waals surface area contributed by atoms with Gasteiger partial charge in [-0.15, -0.1) is 0 Å². The van der Waals surface area contributed by atoms with Crippen molar-refractivity contribution in [1.82, 2.24) is 19.6 Å². The van der Waals surface area contributed by atoms with Gasteiger partial charge in [-0.25, -0.2) is 0 Å². The second-order valence-electron chi connectivity index (χ2n) is 4.27. The van der Waals surface area contributed by atoms with Crippen molar-refractivity contribution >= 4 is 6.29 Å². The molecule has 0 aromatic carbocycles. The van der Waals surface area contributed by atoms with Gasteiger partial charge in [0.25, 0.3) is 0 Å². The maximum absolute atomic E-state index is 11.1. The molecular weight excluding hydrogens is 228 g/mol. The quantitative estimate of drug-likeness (QED) is 0.777.